The van der Waals surface area contributed by atoms with E-state index in [0.29, 0.717) is 0 Å². The van der Waals surface area contributed by atoms with Crippen molar-refractivity contribution in [2.24, 2.45) is 0 Å². The van der Waals surface area contributed by atoms with Crippen molar-refractivity contribution in [3.8, 4) is 58.7 Å². The lowest BCUT2D eigenvalue weighted by molar-refractivity contribution is 1.39. The predicted molar refractivity (Wildman–Crippen MR) is 139 cm³/mol. The molecule has 3 rings (SSSR count). The van der Waals surface area contributed by atoms with Gasteiger partial charge >= 0.3 is 0 Å². The Morgan fingerprint density at radius 3 is 1.48 bits per heavy atom. The fourth-order valence-corrected chi connectivity index (χ4v) is 4.06. The first-order valence-electron chi connectivity index (χ1n) is 10.6. The van der Waals surface area contributed by atoms with Crippen molar-refractivity contribution in [2.75, 3.05) is 0 Å². The maximum atomic E-state index is 10.4. The van der Waals surface area contributed by atoms with Gasteiger partial charge in [-0.1, -0.05) is 0 Å². The minimum atomic E-state index is -0.616. The quantitative estimate of drug-likeness (QED) is 0.457. The van der Waals surface area contributed by atoms with Crippen molar-refractivity contribution in [1.29, 1.82) is 31.6 Å². The first-order valence-corrected chi connectivity index (χ1v) is 10.6. The molecule has 0 bridgehead atoms. The van der Waals surface area contributed by atoms with Crippen LogP contribution in [0, 0.1) is 94.3 Å². The molecule has 0 saturated heterocycles. The molecular weight excluding hydrogens is 500 g/mol. The van der Waals surface area contributed by atoms with E-state index in [-0.39, 0.29) is 60.6 Å². The van der Waals surface area contributed by atoms with E-state index in [4.69, 9.17) is 26.3 Å². The first kappa shape index (κ1) is 26.9. The highest BCUT2D eigenvalue weighted by Gasteiger charge is 2.24. The molecule has 0 amide bonds. The normalized spacial score (nSPS) is 10.6. The van der Waals surface area contributed by atoms with Gasteiger partial charge in [-0.05, 0) is 58.7 Å². The summed E-state index contributed by atoms with van der Waals surface area (Å²) in [6.45, 7) is 30.7. The monoisotopic (exact) mass is 506 g/mol. The molecular formula is C30H6N10. The van der Waals surface area contributed by atoms with Gasteiger partial charge in [0.05, 0.1) is 79.4 Å². The zero-order chi connectivity index (χ0) is 29.4. The second kappa shape index (κ2) is 11.4. The first-order chi connectivity index (χ1) is 19.4. The fourth-order valence-electron chi connectivity index (χ4n) is 4.06. The summed E-state index contributed by atoms with van der Waals surface area (Å²) in [6.07, 6.45) is 0. The van der Waals surface area contributed by atoms with E-state index in [1.54, 1.807) is 12.1 Å². The molecule has 0 aliphatic heterocycles. The molecule has 3 aromatic carbocycles. The van der Waals surface area contributed by atoms with Gasteiger partial charge in [0, 0.05) is 16.0 Å². The molecule has 0 radical (unpaired) electrons. The summed E-state index contributed by atoms with van der Waals surface area (Å²) in [7, 11) is 0. The van der Waals surface area contributed by atoms with Gasteiger partial charge in [0.15, 0.2) is 11.4 Å². The summed E-state index contributed by atoms with van der Waals surface area (Å²) >= 11 is 0. The maximum absolute atomic E-state index is 10.4. The van der Waals surface area contributed by atoms with Gasteiger partial charge in [0.1, 0.15) is 0 Å². The zero-order valence-corrected chi connectivity index (χ0v) is 19.9. The second-order valence-corrected chi connectivity index (χ2v) is 7.61. The Hall–Kier alpha value is -7.70. The van der Waals surface area contributed by atoms with Crippen LogP contribution in [-0.2, 0) is 0 Å². The standard InChI is InChI=1S/C30H6N10/c1-37-22-9-19(13-33)8-21(10-22)27-28(24(15-35)38-2)23(14-34)26(29(30(27)40-4)25(16-36)39-3)20-6-17(11-31)5-18(7-20)12-32/h5-10H/b28-24-,29-25-. The van der Waals surface area contributed by atoms with Gasteiger partial charge in [-0.15, -0.1) is 0 Å². The largest absolute Gasteiger partial charge is 0.269 e. The second-order valence-electron chi connectivity index (χ2n) is 7.61. The van der Waals surface area contributed by atoms with Gasteiger partial charge in [0.25, 0.3) is 11.4 Å². The van der Waals surface area contributed by atoms with Crippen LogP contribution in [-0.4, -0.2) is 0 Å². The van der Waals surface area contributed by atoms with Crippen LogP contribution >= 0.6 is 0 Å². The van der Waals surface area contributed by atoms with Crippen molar-refractivity contribution in [3.05, 3.63) is 115 Å². The molecule has 0 fully saturated rings. The van der Waals surface area contributed by atoms with E-state index in [0.717, 1.165) is 0 Å². The Bertz CT molecular complexity index is 1960. The molecule has 0 heterocycles. The van der Waals surface area contributed by atoms with E-state index < -0.39 is 17.1 Å². The lowest BCUT2D eigenvalue weighted by Gasteiger charge is -2.17. The fraction of sp³-hybridized carbons (Fsp3) is 0. The smallest absolute Gasteiger partial charge is 0.238 e. The van der Waals surface area contributed by atoms with Crippen LogP contribution in [0.25, 0.3) is 53.0 Å². The summed E-state index contributed by atoms with van der Waals surface area (Å²) in [5, 5.41) is 58.0. The van der Waals surface area contributed by atoms with E-state index in [2.05, 4.69) is 19.4 Å². The molecule has 0 saturated carbocycles. The lowest BCUT2D eigenvalue weighted by Crippen LogP contribution is -2.24. The number of rotatable bonds is 2. The summed E-state index contributed by atoms with van der Waals surface area (Å²) < 4.78 is 0. The predicted octanol–water partition coefficient (Wildman–Crippen LogP) is 4.71. The summed E-state index contributed by atoms with van der Waals surface area (Å²) in [5.41, 5.74) is -2.39. The van der Waals surface area contributed by atoms with Crippen LogP contribution in [0.15, 0.2) is 36.4 Å². The Morgan fingerprint density at radius 1 is 0.550 bits per heavy atom. The zero-order valence-electron chi connectivity index (χ0n) is 19.9. The van der Waals surface area contributed by atoms with Crippen molar-refractivity contribution >= 4 is 22.8 Å². The number of hydrogen-bond acceptors (Lipinski definition) is 6. The summed E-state index contributed by atoms with van der Waals surface area (Å²) in [4.78, 5) is 13.3. The molecule has 0 aromatic heterocycles. The molecule has 3 aromatic rings. The van der Waals surface area contributed by atoms with E-state index >= 15 is 0 Å². The highest BCUT2D eigenvalue weighted by molar-refractivity contribution is 5.95. The van der Waals surface area contributed by atoms with Crippen LogP contribution < -0.4 is 10.4 Å². The van der Waals surface area contributed by atoms with Crippen molar-refractivity contribution in [3.63, 3.8) is 0 Å². The van der Waals surface area contributed by atoms with Gasteiger partial charge < -0.3 is 0 Å². The molecule has 0 atom stereocenters. The number of benzene rings is 3. The van der Waals surface area contributed by atoms with E-state index in [9.17, 15) is 31.6 Å². The highest BCUT2D eigenvalue weighted by Crippen LogP contribution is 2.34. The highest BCUT2D eigenvalue weighted by atomic mass is 14.7. The molecule has 0 unspecified atom stereocenters. The van der Waals surface area contributed by atoms with Crippen LogP contribution in [0.4, 0.5) is 11.4 Å². The average molecular weight is 506 g/mol. The van der Waals surface area contributed by atoms with Crippen molar-refractivity contribution < 1.29 is 0 Å². The summed E-state index contributed by atoms with van der Waals surface area (Å²) in [5.74, 6) is 0. The summed E-state index contributed by atoms with van der Waals surface area (Å²) in [6, 6.07) is 18.7. The third kappa shape index (κ3) is 4.47. The van der Waals surface area contributed by atoms with Crippen molar-refractivity contribution in [2.45, 2.75) is 0 Å². The molecule has 0 spiro atoms. The Kier molecular flexibility index (Phi) is 7.64. The maximum Gasteiger partial charge on any atom is 0.269 e. The molecule has 0 aliphatic carbocycles. The molecule has 10 nitrogen and oxygen atoms in total. The van der Waals surface area contributed by atoms with Crippen molar-refractivity contribution in [1.82, 2.24) is 0 Å². The Labute approximate surface area is 227 Å². The van der Waals surface area contributed by atoms with Gasteiger partial charge in [0.2, 0.25) is 0 Å². The van der Waals surface area contributed by atoms with Crippen LogP contribution in [0.3, 0.4) is 0 Å². The van der Waals surface area contributed by atoms with Gasteiger partial charge in [-0.3, -0.25) is 0 Å². The van der Waals surface area contributed by atoms with Gasteiger partial charge in [-0.2, -0.15) is 21.0 Å². The SMILES string of the molecule is [C-]#[N+]/C(C#N)=c1\c([N+]#[C-])c(-c2cc(C#N)cc([N+]#[C-])c2)/c(=C(/C#N)[N+]#[C-])c(C#N)c1-c1cc(C#N)cc(C#N)c1. The third-order valence-corrected chi connectivity index (χ3v) is 5.55. The molecule has 0 aliphatic rings. The molecule has 40 heavy (non-hydrogen) atoms. The molecule has 0 N–H and O–H groups in total. The minimum absolute atomic E-state index is 0.00159. The Morgan fingerprint density at radius 2 is 1.05 bits per heavy atom. The van der Waals surface area contributed by atoms with Crippen LogP contribution in [0.1, 0.15) is 22.3 Å². The van der Waals surface area contributed by atoms with Gasteiger partial charge in [-0.25, -0.2) is 29.9 Å². The number of nitriles is 6. The van der Waals surface area contributed by atoms with Crippen LogP contribution in [0.2, 0.25) is 0 Å². The molecule has 10 heteroatoms. The number of hydrogen-bond donors (Lipinski definition) is 0. The average Bonchev–Trinajstić information content (AvgIpc) is 3.00. The van der Waals surface area contributed by atoms with Crippen LogP contribution in [0.5, 0.6) is 0 Å². The lowest BCUT2D eigenvalue weighted by atomic mass is 9.86. The Balaban J connectivity index is 2.99. The third-order valence-electron chi connectivity index (χ3n) is 5.55. The topological polar surface area (TPSA) is 160 Å². The minimum Gasteiger partial charge on any atom is -0.238 e. The molecule has 176 valence electrons. The number of nitrogens with zero attached hydrogens (tertiary/aromatic N) is 10. The van der Waals surface area contributed by atoms with E-state index in [1.165, 1.54) is 36.4 Å². The van der Waals surface area contributed by atoms with E-state index in [1.807, 2.05) is 24.3 Å².